The van der Waals surface area contributed by atoms with Gasteiger partial charge in [-0.2, -0.15) is 0 Å². The minimum atomic E-state index is 0.134. The number of amides is 1. The summed E-state index contributed by atoms with van der Waals surface area (Å²) in [5.74, 6) is 1.04. The van der Waals surface area contributed by atoms with Crippen LogP contribution in [0.15, 0.2) is 0 Å². The molecule has 2 aliphatic rings. The average Bonchev–Trinajstić information content (AvgIpc) is 2.41. The number of hydrogen-bond acceptors (Lipinski definition) is 3. The molecule has 0 unspecified atom stereocenters. The van der Waals surface area contributed by atoms with Crippen molar-refractivity contribution in [2.75, 3.05) is 46.4 Å². The number of carbonyl (C=O) groups is 1. The van der Waals surface area contributed by atoms with Crippen LogP contribution in [-0.2, 0) is 9.53 Å². The molecule has 2 fully saturated rings. The number of carbonyl (C=O) groups excluding carboxylic acids is 1. The fourth-order valence-corrected chi connectivity index (χ4v) is 3.13. The van der Waals surface area contributed by atoms with Crippen molar-refractivity contribution < 1.29 is 9.53 Å². The summed E-state index contributed by atoms with van der Waals surface area (Å²) < 4.78 is 4.90. The van der Waals surface area contributed by atoms with Gasteiger partial charge in [-0.1, -0.05) is 19.3 Å². The molecule has 4 nitrogen and oxygen atoms in total. The summed E-state index contributed by atoms with van der Waals surface area (Å²) in [6.07, 6.45) is 7.06. The van der Waals surface area contributed by atoms with Gasteiger partial charge in [0.15, 0.2) is 0 Å². The van der Waals surface area contributed by atoms with Gasteiger partial charge in [0, 0.05) is 39.8 Å². The Balaban J connectivity index is 1.68. The highest BCUT2D eigenvalue weighted by atomic mass is 16.5. The lowest BCUT2D eigenvalue weighted by Crippen LogP contribution is -2.50. The molecule has 0 N–H and O–H groups in total. The zero-order valence-electron chi connectivity index (χ0n) is 11.6. The Morgan fingerprint density at radius 2 is 1.78 bits per heavy atom. The van der Waals surface area contributed by atoms with Crippen LogP contribution < -0.4 is 0 Å². The van der Waals surface area contributed by atoms with Crippen molar-refractivity contribution in [2.45, 2.75) is 32.1 Å². The smallest absolute Gasteiger partial charge is 0.248 e. The van der Waals surface area contributed by atoms with Gasteiger partial charge in [0.05, 0.1) is 0 Å². The molecule has 1 aliphatic heterocycles. The number of rotatable bonds is 4. The van der Waals surface area contributed by atoms with Crippen LogP contribution in [0, 0.1) is 5.92 Å². The highest BCUT2D eigenvalue weighted by Crippen LogP contribution is 2.24. The number of nitrogens with zero attached hydrogens (tertiary/aromatic N) is 2. The fraction of sp³-hybridized carbons (Fsp3) is 0.929. The van der Waals surface area contributed by atoms with Gasteiger partial charge in [0.25, 0.3) is 0 Å². The minimum absolute atomic E-state index is 0.134. The van der Waals surface area contributed by atoms with E-state index in [1.807, 2.05) is 4.90 Å². The van der Waals surface area contributed by atoms with Crippen LogP contribution in [0.2, 0.25) is 0 Å². The van der Waals surface area contributed by atoms with Crippen molar-refractivity contribution in [3.8, 4) is 0 Å². The molecule has 1 saturated carbocycles. The molecule has 0 aromatic rings. The topological polar surface area (TPSA) is 32.8 Å². The first kappa shape index (κ1) is 13.8. The maximum atomic E-state index is 11.7. The van der Waals surface area contributed by atoms with Crippen LogP contribution in [0.5, 0.6) is 0 Å². The summed E-state index contributed by atoms with van der Waals surface area (Å²) in [7, 11) is 1.58. The monoisotopic (exact) mass is 254 g/mol. The van der Waals surface area contributed by atoms with E-state index in [9.17, 15) is 4.79 Å². The second-order valence-corrected chi connectivity index (χ2v) is 5.62. The largest absolute Gasteiger partial charge is 0.375 e. The minimum Gasteiger partial charge on any atom is -0.375 e. The molecule has 0 bridgehead atoms. The van der Waals surface area contributed by atoms with E-state index in [0.717, 1.165) is 32.1 Å². The summed E-state index contributed by atoms with van der Waals surface area (Å²) in [5.41, 5.74) is 0. The first-order chi connectivity index (χ1) is 8.79. The number of piperazine rings is 1. The molecule has 1 aliphatic carbocycles. The van der Waals surface area contributed by atoms with Crippen LogP contribution in [0.4, 0.5) is 0 Å². The van der Waals surface area contributed by atoms with Gasteiger partial charge in [-0.15, -0.1) is 0 Å². The summed E-state index contributed by atoms with van der Waals surface area (Å²) in [6, 6.07) is 0. The maximum absolute atomic E-state index is 11.7. The van der Waals surface area contributed by atoms with Gasteiger partial charge >= 0.3 is 0 Å². The molecule has 0 radical (unpaired) electrons. The molecule has 0 atom stereocenters. The average molecular weight is 254 g/mol. The number of ether oxygens (including phenoxy) is 1. The summed E-state index contributed by atoms with van der Waals surface area (Å²) in [6.45, 7) is 5.27. The molecule has 0 aromatic heterocycles. The Bertz CT molecular complexity index is 257. The van der Waals surface area contributed by atoms with E-state index in [1.54, 1.807) is 7.11 Å². The van der Waals surface area contributed by atoms with Crippen molar-refractivity contribution in [1.82, 2.24) is 9.80 Å². The zero-order valence-corrected chi connectivity index (χ0v) is 11.6. The first-order valence-electron chi connectivity index (χ1n) is 7.28. The molecule has 2 rings (SSSR count). The van der Waals surface area contributed by atoms with Crippen LogP contribution in [0.3, 0.4) is 0 Å². The van der Waals surface area contributed by atoms with Crippen molar-refractivity contribution in [3.05, 3.63) is 0 Å². The SMILES string of the molecule is COCC(=O)N1CCN(CC2CCCCC2)CC1. The predicted octanol–water partition coefficient (Wildman–Crippen LogP) is 1.36. The molecule has 4 heteroatoms. The third-order valence-corrected chi connectivity index (χ3v) is 4.23. The van der Waals surface area contributed by atoms with E-state index in [1.165, 1.54) is 38.6 Å². The molecule has 1 amide bonds. The molecular weight excluding hydrogens is 228 g/mol. The zero-order chi connectivity index (χ0) is 12.8. The summed E-state index contributed by atoms with van der Waals surface area (Å²) in [4.78, 5) is 16.1. The standard InChI is InChI=1S/C14H26N2O2/c1-18-12-14(17)16-9-7-15(8-10-16)11-13-5-3-2-4-6-13/h13H,2-12H2,1H3. The maximum Gasteiger partial charge on any atom is 0.248 e. The predicted molar refractivity (Wildman–Crippen MR) is 71.5 cm³/mol. The Morgan fingerprint density at radius 1 is 1.11 bits per heavy atom. The Kier molecular flexibility index (Phi) is 5.45. The van der Waals surface area contributed by atoms with E-state index in [4.69, 9.17) is 4.74 Å². The first-order valence-corrected chi connectivity index (χ1v) is 7.28. The third-order valence-electron chi connectivity index (χ3n) is 4.23. The Morgan fingerprint density at radius 3 is 2.39 bits per heavy atom. The molecular formula is C14H26N2O2. The summed E-state index contributed by atoms with van der Waals surface area (Å²) in [5, 5.41) is 0. The lowest BCUT2D eigenvalue weighted by atomic mass is 9.89. The number of hydrogen-bond donors (Lipinski definition) is 0. The number of methoxy groups -OCH3 is 1. The normalized spacial score (nSPS) is 23.3. The second-order valence-electron chi connectivity index (χ2n) is 5.62. The van der Waals surface area contributed by atoms with E-state index < -0.39 is 0 Å². The van der Waals surface area contributed by atoms with E-state index in [2.05, 4.69) is 4.90 Å². The van der Waals surface area contributed by atoms with Crippen LogP contribution in [0.1, 0.15) is 32.1 Å². The molecule has 1 saturated heterocycles. The Hall–Kier alpha value is -0.610. The van der Waals surface area contributed by atoms with Crippen molar-refractivity contribution >= 4 is 5.91 Å². The second kappa shape index (κ2) is 7.10. The lowest BCUT2D eigenvalue weighted by Gasteiger charge is -2.37. The van der Waals surface area contributed by atoms with Crippen molar-refractivity contribution in [3.63, 3.8) is 0 Å². The van der Waals surface area contributed by atoms with Crippen molar-refractivity contribution in [2.24, 2.45) is 5.92 Å². The van der Waals surface area contributed by atoms with Gasteiger partial charge < -0.3 is 9.64 Å². The highest BCUT2D eigenvalue weighted by Gasteiger charge is 2.23. The van der Waals surface area contributed by atoms with Gasteiger partial charge in [-0.05, 0) is 18.8 Å². The van der Waals surface area contributed by atoms with E-state index in [0.29, 0.717) is 0 Å². The molecule has 18 heavy (non-hydrogen) atoms. The van der Waals surface area contributed by atoms with Gasteiger partial charge in [0.2, 0.25) is 5.91 Å². The third kappa shape index (κ3) is 3.95. The molecule has 1 heterocycles. The van der Waals surface area contributed by atoms with Gasteiger partial charge in [-0.25, -0.2) is 0 Å². The summed E-state index contributed by atoms with van der Waals surface area (Å²) >= 11 is 0. The quantitative estimate of drug-likeness (QED) is 0.759. The highest BCUT2D eigenvalue weighted by molar-refractivity contribution is 5.77. The van der Waals surface area contributed by atoms with Crippen LogP contribution in [0.25, 0.3) is 0 Å². The fourth-order valence-electron chi connectivity index (χ4n) is 3.13. The van der Waals surface area contributed by atoms with Gasteiger partial charge in [0.1, 0.15) is 6.61 Å². The molecule has 104 valence electrons. The molecule has 0 aromatic carbocycles. The van der Waals surface area contributed by atoms with Crippen molar-refractivity contribution in [1.29, 1.82) is 0 Å². The lowest BCUT2D eigenvalue weighted by molar-refractivity contribution is -0.137. The van der Waals surface area contributed by atoms with E-state index >= 15 is 0 Å². The Labute approximate surface area is 110 Å². The molecule has 0 spiro atoms. The van der Waals surface area contributed by atoms with E-state index in [-0.39, 0.29) is 12.5 Å². The van der Waals surface area contributed by atoms with Crippen LogP contribution >= 0.6 is 0 Å². The van der Waals surface area contributed by atoms with Gasteiger partial charge in [-0.3, -0.25) is 9.69 Å². The van der Waals surface area contributed by atoms with Crippen LogP contribution in [-0.4, -0.2) is 62.1 Å².